The lowest BCUT2D eigenvalue weighted by molar-refractivity contribution is -0.0212. The van der Waals surface area contributed by atoms with E-state index in [2.05, 4.69) is 15.6 Å². The van der Waals surface area contributed by atoms with Gasteiger partial charge in [0.2, 0.25) is 10.0 Å². The molecule has 3 rings (SSSR count). The second-order valence-corrected chi connectivity index (χ2v) is 11.9. The Morgan fingerprint density at radius 2 is 1.63 bits per heavy atom. The summed E-state index contributed by atoms with van der Waals surface area (Å²) < 4.78 is 52.3. The summed E-state index contributed by atoms with van der Waals surface area (Å²) in [5.41, 5.74) is 0.0409. The van der Waals surface area contributed by atoms with Gasteiger partial charge in [-0.3, -0.25) is 9.59 Å². The van der Waals surface area contributed by atoms with E-state index in [4.69, 9.17) is 0 Å². The molecule has 2 amide bonds. The van der Waals surface area contributed by atoms with Crippen LogP contribution in [0.25, 0.3) is 0 Å². The van der Waals surface area contributed by atoms with Crippen molar-refractivity contribution >= 4 is 38.3 Å². The zero-order valence-electron chi connectivity index (χ0n) is 21.9. The Morgan fingerprint density at radius 3 is 2.22 bits per heavy atom. The quantitative estimate of drug-likeness (QED) is 0.240. The number of sulfonamides is 1. The summed E-state index contributed by atoms with van der Waals surface area (Å²) in [7, 11) is -2.42. The number of hydrogen-bond donors (Lipinski definition) is 4. The van der Waals surface area contributed by atoms with Gasteiger partial charge in [-0.15, -0.1) is 11.3 Å². The minimum atomic E-state index is -3.67. The number of nitriles is 1. The number of carbonyl (C=O) groups excluding carboxylic acids is 2. The van der Waals surface area contributed by atoms with Gasteiger partial charge >= 0.3 is 0 Å². The largest absolute Gasteiger partial charge is 0.388 e. The van der Waals surface area contributed by atoms with Crippen molar-refractivity contribution in [1.82, 2.24) is 15.6 Å². The molecule has 3 aromatic rings. The van der Waals surface area contributed by atoms with Crippen molar-refractivity contribution in [2.45, 2.75) is 37.1 Å². The van der Waals surface area contributed by atoms with Crippen LogP contribution in [0.3, 0.4) is 0 Å². The van der Waals surface area contributed by atoms with Gasteiger partial charge in [-0.1, -0.05) is 18.2 Å². The van der Waals surface area contributed by atoms with Crippen molar-refractivity contribution in [3.05, 3.63) is 82.4 Å². The first-order chi connectivity index (χ1) is 19.3. The van der Waals surface area contributed by atoms with Crippen LogP contribution in [0.4, 0.5) is 13.9 Å². The molecule has 41 heavy (non-hydrogen) atoms. The van der Waals surface area contributed by atoms with Gasteiger partial charge in [-0.25, -0.2) is 26.5 Å². The fraction of sp³-hybridized carbons (Fsp3) is 0.308. The average Bonchev–Trinajstić information content (AvgIpc) is 3.41. The Bertz CT molecular complexity index is 1510. The number of anilines is 1. The number of rotatable bonds is 12. The van der Waals surface area contributed by atoms with E-state index in [0.717, 1.165) is 34.0 Å². The number of carbonyl (C=O) groups is 2. The van der Waals surface area contributed by atoms with Crippen LogP contribution in [-0.2, 0) is 16.4 Å². The highest BCUT2D eigenvalue weighted by Gasteiger charge is 2.35. The molecule has 2 aromatic carbocycles. The number of benzene rings is 2. The topological polar surface area (TPSA) is 173 Å². The van der Waals surface area contributed by atoms with Gasteiger partial charge in [-0.2, -0.15) is 5.26 Å². The monoisotopic (exact) mass is 607 g/mol. The second kappa shape index (κ2) is 13.6. The summed E-state index contributed by atoms with van der Waals surface area (Å²) in [4.78, 5) is 29.7. The minimum absolute atomic E-state index is 0.0142. The number of halogens is 2. The molecule has 0 saturated heterocycles. The summed E-state index contributed by atoms with van der Waals surface area (Å²) >= 11 is 0.859. The van der Waals surface area contributed by atoms with Crippen LogP contribution in [0.5, 0.6) is 0 Å². The van der Waals surface area contributed by atoms with E-state index in [1.165, 1.54) is 24.6 Å². The molecule has 0 aliphatic carbocycles. The molecule has 4 unspecified atom stereocenters. The summed E-state index contributed by atoms with van der Waals surface area (Å²) in [5.74, 6) is -3.33. The highest BCUT2D eigenvalue weighted by Crippen LogP contribution is 2.22. The molecular weight excluding hydrogens is 580 g/mol. The highest BCUT2D eigenvalue weighted by atomic mass is 32.2. The van der Waals surface area contributed by atoms with Crippen molar-refractivity contribution < 1.29 is 37.0 Å². The number of nitrogens with one attached hydrogen (secondary N) is 2. The van der Waals surface area contributed by atoms with Gasteiger partial charge in [0.05, 0.1) is 30.8 Å². The Balaban J connectivity index is 1.88. The number of hydrogen-bond acceptors (Lipinski definition) is 9. The van der Waals surface area contributed by atoms with E-state index in [0.29, 0.717) is 6.07 Å². The minimum Gasteiger partial charge on any atom is -0.388 e. The standard InChI is InChI=1S/C26H27F2N5O6S2/c1-33(41(2,38)39)26-32-21(14-40-26)25(37)31-20(12-15-10-17(27)13-18(28)11-15)23(35)22(34)19(8-9-29)30-24(36)16-6-4-3-5-7-16/h3-7,10-11,13-14,19-20,22-23,34-35H,8,12H2,1-2H3,(H,30,36)(H,31,37). The van der Waals surface area contributed by atoms with Gasteiger partial charge in [0.25, 0.3) is 11.8 Å². The molecule has 15 heteroatoms. The number of thiazole rings is 1. The third-order valence-electron chi connectivity index (χ3n) is 6.02. The molecule has 0 bridgehead atoms. The molecule has 11 nitrogen and oxygen atoms in total. The summed E-state index contributed by atoms with van der Waals surface area (Å²) in [6.07, 6.45) is -3.50. The molecule has 0 saturated carbocycles. The van der Waals surface area contributed by atoms with Crippen molar-refractivity contribution in [3.8, 4) is 6.07 Å². The Morgan fingerprint density at radius 1 is 1.05 bits per heavy atom. The molecular formula is C26H27F2N5O6S2. The van der Waals surface area contributed by atoms with E-state index in [1.807, 2.05) is 6.07 Å². The van der Waals surface area contributed by atoms with Gasteiger partial charge in [0.1, 0.15) is 29.5 Å². The first kappa shape index (κ1) is 31.6. The lowest BCUT2D eigenvalue weighted by atomic mass is 9.92. The van der Waals surface area contributed by atoms with E-state index < -0.39 is 64.2 Å². The van der Waals surface area contributed by atoms with Gasteiger partial charge in [0.15, 0.2) is 5.13 Å². The van der Waals surface area contributed by atoms with Crippen LogP contribution in [-0.4, -0.2) is 73.0 Å². The van der Waals surface area contributed by atoms with Gasteiger partial charge < -0.3 is 20.8 Å². The third kappa shape index (κ3) is 8.51. The SMILES string of the molecule is CN(c1nc(C(=O)NC(Cc2cc(F)cc(F)c2)C(O)C(O)C(CC#N)NC(=O)c2ccccc2)cs1)S(C)(=O)=O. The summed E-state index contributed by atoms with van der Waals surface area (Å²) in [5, 5.41) is 37.6. The molecule has 1 aromatic heterocycles. The number of aromatic nitrogens is 1. The molecule has 0 spiro atoms. The number of aliphatic hydroxyl groups excluding tert-OH is 2. The fourth-order valence-corrected chi connectivity index (χ4v) is 5.35. The number of aliphatic hydroxyl groups is 2. The maximum atomic E-state index is 13.9. The lowest BCUT2D eigenvalue weighted by Gasteiger charge is -2.32. The Hall–Kier alpha value is -3.97. The van der Waals surface area contributed by atoms with E-state index in [-0.39, 0.29) is 28.4 Å². The van der Waals surface area contributed by atoms with Crippen LogP contribution in [0.15, 0.2) is 53.9 Å². The Labute approximate surface area is 239 Å². The van der Waals surface area contributed by atoms with Crippen LogP contribution < -0.4 is 14.9 Å². The normalized spacial score (nSPS) is 14.3. The van der Waals surface area contributed by atoms with E-state index in [1.54, 1.807) is 18.2 Å². The smallest absolute Gasteiger partial charge is 0.271 e. The third-order valence-corrected chi connectivity index (χ3v) is 8.22. The molecule has 0 radical (unpaired) electrons. The molecule has 4 N–H and O–H groups in total. The molecule has 0 aliphatic rings. The maximum Gasteiger partial charge on any atom is 0.271 e. The highest BCUT2D eigenvalue weighted by molar-refractivity contribution is 7.92. The first-order valence-corrected chi connectivity index (χ1v) is 14.8. The zero-order chi connectivity index (χ0) is 30.3. The van der Waals surface area contributed by atoms with E-state index in [9.17, 15) is 42.3 Å². The molecule has 4 atom stereocenters. The zero-order valence-corrected chi connectivity index (χ0v) is 23.5. The van der Waals surface area contributed by atoms with Crippen molar-refractivity contribution in [2.24, 2.45) is 0 Å². The molecule has 1 heterocycles. The van der Waals surface area contributed by atoms with Gasteiger partial charge in [0, 0.05) is 24.1 Å². The fourth-order valence-electron chi connectivity index (χ4n) is 3.81. The number of nitrogens with zero attached hydrogens (tertiary/aromatic N) is 3. The first-order valence-electron chi connectivity index (χ1n) is 12.0. The van der Waals surface area contributed by atoms with Crippen molar-refractivity contribution in [2.75, 3.05) is 17.6 Å². The van der Waals surface area contributed by atoms with E-state index >= 15 is 0 Å². The Kier molecular flexibility index (Phi) is 10.5. The van der Waals surface area contributed by atoms with Crippen LogP contribution in [0.2, 0.25) is 0 Å². The lowest BCUT2D eigenvalue weighted by Crippen LogP contribution is -2.56. The predicted octanol–water partition coefficient (Wildman–Crippen LogP) is 1.59. The summed E-state index contributed by atoms with van der Waals surface area (Å²) in [6, 6.07) is 9.66. The molecule has 218 valence electrons. The van der Waals surface area contributed by atoms with Gasteiger partial charge in [-0.05, 0) is 36.2 Å². The summed E-state index contributed by atoms with van der Waals surface area (Å²) in [6.45, 7) is 0. The van der Waals surface area contributed by atoms with Crippen LogP contribution >= 0.6 is 11.3 Å². The maximum absolute atomic E-state index is 13.9. The van der Waals surface area contributed by atoms with Crippen LogP contribution in [0, 0.1) is 23.0 Å². The molecule has 0 fully saturated rings. The van der Waals surface area contributed by atoms with Crippen LogP contribution in [0.1, 0.15) is 32.8 Å². The number of amides is 2. The van der Waals surface area contributed by atoms with Crippen molar-refractivity contribution in [3.63, 3.8) is 0 Å². The predicted molar refractivity (Wildman–Crippen MR) is 147 cm³/mol. The second-order valence-electron chi connectivity index (χ2n) is 9.10. The average molecular weight is 608 g/mol. The molecule has 0 aliphatic heterocycles. The van der Waals surface area contributed by atoms with Crippen molar-refractivity contribution in [1.29, 1.82) is 5.26 Å².